The summed E-state index contributed by atoms with van der Waals surface area (Å²) >= 11 is 0. The Kier molecular flexibility index (Phi) is 8.27. The second-order valence-corrected chi connectivity index (χ2v) is 7.76. The number of aliphatic hydroxyl groups is 1. The van der Waals surface area contributed by atoms with E-state index in [1.165, 1.54) is 18.6 Å². The molecule has 24 heavy (non-hydrogen) atoms. The number of aliphatic hydroxyl groups excluding tert-OH is 1. The summed E-state index contributed by atoms with van der Waals surface area (Å²) in [5.41, 5.74) is 6.35. The van der Waals surface area contributed by atoms with Gasteiger partial charge in [0.2, 0.25) is 0 Å². The van der Waals surface area contributed by atoms with Crippen molar-refractivity contribution in [3.05, 3.63) is 35.4 Å². The molecule has 2 atom stereocenters. The normalized spacial score (nSPS) is 14.9. The van der Waals surface area contributed by atoms with Gasteiger partial charge in [0.05, 0.1) is 6.10 Å². The third-order valence-electron chi connectivity index (χ3n) is 4.26. The van der Waals surface area contributed by atoms with E-state index in [0.29, 0.717) is 18.0 Å². The molecule has 1 rings (SSSR count). The summed E-state index contributed by atoms with van der Waals surface area (Å²) in [6.07, 6.45) is 2.77. The lowest BCUT2D eigenvalue weighted by Crippen LogP contribution is -2.49. The minimum absolute atomic E-state index is 0.0828. The number of rotatable bonds is 10. The van der Waals surface area contributed by atoms with E-state index >= 15 is 0 Å². The van der Waals surface area contributed by atoms with Crippen LogP contribution in [0.5, 0.6) is 0 Å². The van der Waals surface area contributed by atoms with E-state index in [1.807, 2.05) is 0 Å². The van der Waals surface area contributed by atoms with Crippen molar-refractivity contribution in [2.75, 3.05) is 6.54 Å². The maximum absolute atomic E-state index is 13.2. The minimum Gasteiger partial charge on any atom is -0.390 e. The standard InChI is InChI=1S/C19H32F2N2O/c1-13(2)6-5-7-19(3,4)23-12-18(24)17(22)10-14-8-15(20)11-16(21)9-14/h8-9,11,13,17-18,23-24H,5-7,10,12,22H2,1-4H3/t17-,18+/m0/s1. The van der Waals surface area contributed by atoms with E-state index in [2.05, 4.69) is 33.0 Å². The quantitative estimate of drug-likeness (QED) is 0.611. The number of benzene rings is 1. The van der Waals surface area contributed by atoms with E-state index < -0.39 is 23.8 Å². The molecule has 0 bridgehead atoms. The number of β-amino-alcohol motifs (C(OH)–C–C–N with tert-alkyl or cyclic N) is 1. The minimum atomic E-state index is -0.777. The van der Waals surface area contributed by atoms with Gasteiger partial charge in [-0.15, -0.1) is 0 Å². The van der Waals surface area contributed by atoms with Crippen LogP contribution in [-0.2, 0) is 6.42 Å². The third-order valence-corrected chi connectivity index (χ3v) is 4.26. The summed E-state index contributed by atoms with van der Waals surface area (Å²) in [6.45, 7) is 8.98. The van der Waals surface area contributed by atoms with E-state index in [1.54, 1.807) is 0 Å². The molecule has 0 aliphatic rings. The molecule has 1 aromatic rings. The van der Waals surface area contributed by atoms with Crippen molar-refractivity contribution in [2.45, 2.75) is 71.1 Å². The second kappa shape index (κ2) is 9.44. The highest BCUT2D eigenvalue weighted by Gasteiger charge is 2.21. The summed E-state index contributed by atoms with van der Waals surface area (Å²) < 4.78 is 26.4. The number of hydrogen-bond donors (Lipinski definition) is 3. The van der Waals surface area contributed by atoms with Crippen molar-refractivity contribution in [2.24, 2.45) is 11.7 Å². The van der Waals surface area contributed by atoms with Gasteiger partial charge in [-0.3, -0.25) is 0 Å². The lowest BCUT2D eigenvalue weighted by atomic mass is 9.94. The van der Waals surface area contributed by atoms with Gasteiger partial charge in [-0.2, -0.15) is 0 Å². The zero-order valence-electron chi connectivity index (χ0n) is 15.3. The lowest BCUT2D eigenvalue weighted by Gasteiger charge is -2.29. The lowest BCUT2D eigenvalue weighted by molar-refractivity contribution is 0.129. The second-order valence-electron chi connectivity index (χ2n) is 7.76. The zero-order chi connectivity index (χ0) is 18.3. The van der Waals surface area contributed by atoms with Crippen LogP contribution < -0.4 is 11.1 Å². The molecule has 0 saturated heterocycles. The molecule has 0 radical (unpaired) electrons. The van der Waals surface area contributed by atoms with Crippen LogP contribution in [0.4, 0.5) is 8.78 Å². The molecule has 5 heteroatoms. The summed E-state index contributed by atoms with van der Waals surface area (Å²) in [6, 6.07) is 2.75. The fourth-order valence-electron chi connectivity index (χ4n) is 2.71. The average molecular weight is 342 g/mol. The van der Waals surface area contributed by atoms with Crippen LogP contribution in [0.1, 0.15) is 52.5 Å². The number of halogens is 2. The molecule has 4 N–H and O–H groups in total. The highest BCUT2D eigenvalue weighted by molar-refractivity contribution is 5.19. The molecule has 0 unspecified atom stereocenters. The van der Waals surface area contributed by atoms with Gasteiger partial charge in [0.25, 0.3) is 0 Å². The van der Waals surface area contributed by atoms with Gasteiger partial charge < -0.3 is 16.2 Å². The molecular formula is C19H32F2N2O. The highest BCUT2D eigenvalue weighted by atomic mass is 19.1. The predicted octanol–water partition coefficient (Wildman–Crippen LogP) is 3.39. The van der Waals surface area contributed by atoms with Crippen molar-refractivity contribution in [1.29, 1.82) is 0 Å². The van der Waals surface area contributed by atoms with Gasteiger partial charge in [0.15, 0.2) is 0 Å². The Hall–Kier alpha value is -1.04. The third kappa shape index (κ3) is 8.18. The van der Waals surface area contributed by atoms with Crippen LogP contribution >= 0.6 is 0 Å². The molecule has 1 aromatic carbocycles. The van der Waals surface area contributed by atoms with Gasteiger partial charge in [0.1, 0.15) is 11.6 Å². The molecule has 138 valence electrons. The first-order valence-electron chi connectivity index (χ1n) is 8.72. The Balaban J connectivity index is 2.44. The van der Waals surface area contributed by atoms with Gasteiger partial charge in [-0.05, 0) is 50.3 Å². The van der Waals surface area contributed by atoms with E-state index in [-0.39, 0.29) is 12.0 Å². The molecule has 0 aromatic heterocycles. The summed E-state index contributed by atoms with van der Waals surface area (Å²) in [5, 5.41) is 13.6. The smallest absolute Gasteiger partial charge is 0.126 e. The van der Waals surface area contributed by atoms with Crippen LogP contribution in [0.3, 0.4) is 0 Å². The first-order chi connectivity index (χ1) is 11.1. The van der Waals surface area contributed by atoms with Gasteiger partial charge in [-0.25, -0.2) is 8.78 Å². The molecule has 0 fully saturated rings. The topological polar surface area (TPSA) is 58.3 Å². The van der Waals surface area contributed by atoms with Crippen LogP contribution in [0, 0.1) is 17.6 Å². The molecule has 3 nitrogen and oxygen atoms in total. The SMILES string of the molecule is CC(C)CCCC(C)(C)NC[C@@H](O)[C@@H](N)Cc1cc(F)cc(F)c1. The van der Waals surface area contributed by atoms with E-state index in [9.17, 15) is 13.9 Å². The Morgan fingerprint density at radius 3 is 2.29 bits per heavy atom. The zero-order valence-corrected chi connectivity index (χ0v) is 15.3. The molecule has 0 saturated carbocycles. The number of nitrogens with one attached hydrogen (secondary N) is 1. The average Bonchev–Trinajstić information content (AvgIpc) is 2.43. The maximum atomic E-state index is 13.2. The Morgan fingerprint density at radius 1 is 1.17 bits per heavy atom. The van der Waals surface area contributed by atoms with E-state index in [4.69, 9.17) is 5.73 Å². The Morgan fingerprint density at radius 2 is 1.75 bits per heavy atom. The Bertz CT molecular complexity index is 486. The summed E-state index contributed by atoms with van der Waals surface area (Å²) in [7, 11) is 0. The van der Waals surface area contributed by atoms with Crippen molar-refractivity contribution in [3.63, 3.8) is 0 Å². The fraction of sp³-hybridized carbons (Fsp3) is 0.684. The van der Waals surface area contributed by atoms with Crippen LogP contribution in [0.2, 0.25) is 0 Å². The van der Waals surface area contributed by atoms with Crippen molar-refractivity contribution in [3.8, 4) is 0 Å². The van der Waals surface area contributed by atoms with Gasteiger partial charge >= 0.3 is 0 Å². The molecule has 0 spiro atoms. The Labute approximate surface area is 144 Å². The van der Waals surface area contributed by atoms with Crippen LogP contribution in [0.15, 0.2) is 18.2 Å². The monoisotopic (exact) mass is 342 g/mol. The summed E-state index contributed by atoms with van der Waals surface area (Å²) in [4.78, 5) is 0. The number of nitrogens with two attached hydrogens (primary N) is 1. The molecule has 0 aliphatic heterocycles. The fourth-order valence-corrected chi connectivity index (χ4v) is 2.71. The maximum Gasteiger partial charge on any atom is 0.126 e. The van der Waals surface area contributed by atoms with Crippen LogP contribution in [0.25, 0.3) is 0 Å². The molecule has 0 amide bonds. The first-order valence-corrected chi connectivity index (χ1v) is 8.72. The molecule has 0 aliphatic carbocycles. The predicted molar refractivity (Wildman–Crippen MR) is 94.8 cm³/mol. The molecule has 0 heterocycles. The van der Waals surface area contributed by atoms with Gasteiger partial charge in [0, 0.05) is 24.2 Å². The van der Waals surface area contributed by atoms with E-state index in [0.717, 1.165) is 18.9 Å². The summed E-state index contributed by atoms with van der Waals surface area (Å²) in [5.74, 6) is -0.571. The molecular weight excluding hydrogens is 310 g/mol. The van der Waals surface area contributed by atoms with Gasteiger partial charge in [-0.1, -0.05) is 26.7 Å². The van der Waals surface area contributed by atoms with Crippen molar-refractivity contribution in [1.82, 2.24) is 5.32 Å². The largest absolute Gasteiger partial charge is 0.390 e. The van der Waals surface area contributed by atoms with Crippen molar-refractivity contribution >= 4 is 0 Å². The van der Waals surface area contributed by atoms with Crippen molar-refractivity contribution < 1.29 is 13.9 Å². The van der Waals surface area contributed by atoms with Crippen LogP contribution in [-0.4, -0.2) is 29.3 Å². The highest BCUT2D eigenvalue weighted by Crippen LogP contribution is 2.16. The first kappa shape index (κ1) is 21.0. The number of hydrogen-bond acceptors (Lipinski definition) is 3.